The number of phosphoric acid groups is 1. The van der Waals surface area contributed by atoms with Crippen molar-refractivity contribution >= 4 is 37.4 Å². The molecule has 0 bridgehead atoms. The van der Waals surface area contributed by atoms with E-state index in [1.807, 2.05) is 0 Å². The summed E-state index contributed by atoms with van der Waals surface area (Å²) in [5, 5.41) is 3.11. The molecule has 0 fully saturated rings. The van der Waals surface area contributed by atoms with Crippen molar-refractivity contribution < 1.29 is 19.2 Å². The average Bonchev–Trinajstić information content (AvgIpc) is 1.63. The van der Waals surface area contributed by atoms with Crippen LogP contribution in [0.4, 0.5) is 0 Å². The fraction of sp³-hybridized carbons (Fsp3) is 1.00. The Hall–Kier alpha value is 1.07. The van der Waals surface area contributed by atoms with Crippen LogP contribution in [0.25, 0.3) is 0 Å². The van der Waals surface area contributed by atoms with E-state index in [2.05, 4.69) is 19.2 Å². The van der Waals surface area contributed by atoms with Gasteiger partial charge in [0.1, 0.15) is 0 Å². The molecule has 7 heteroatoms. The summed E-state index contributed by atoms with van der Waals surface area (Å²) in [6.07, 6.45) is 0. The SMILES string of the molecule is CCNCC.O=P(O)(O)O.[NaH]. The molecule has 0 aliphatic rings. The Bertz CT molecular complexity index is 96.0. The van der Waals surface area contributed by atoms with E-state index >= 15 is 0 Å². The van der Waals surface area contributed by atoms with Gasteiger partial charge in [0.05, 0.1) is 0 Å². The van der Waals surface area contributed by atoms with Crippen LogP contribution in [0.1, 0.15) is 13.8 Å². The van der Waals surface area contributed by atoms with Crippen LogP contribution >= 0.6 is 7.82 Å². The molecule has 0 aliphatic carbocycles. The van der Waals surface area contributed by atoms with Crippen LogP contribution in [0.5, 0.6) is 0 Å². The molecule has 0 atom stereocenters. The van der Waals surface area contributed by atoms with E-state index in [1.165, 1.54) is 0 Å². The average molecular weight is 195 g/mol. The first-order valence-electron chi connectivity index (χ1n) is 2.90. The predicted octanol–water partition coefficient (Wildman–Crippen LogP) is -0.961. The standard InChI is InChI=1S/C4H11N.Na.H3O4P.H/c1-3-5-4-2;;1-5(2,3)4;/h5H,3-4H2,1-2H3;;(H3,1,2,3,4);. The summed E-state index contributed by atoms with van der Waals surface area (Å²) in [4.78, 5) is 21.6. The molecule has 0 heterocycles. The summed E-state index contributed by atoms with van der Waals surface area (Å²) in [5.74, 6) is 0. The van der Waals surface area contributed by atoms with Gasteiger partial charge in [0, 0.05) is 0 Å². The van der Waals surface area contributed by atoms with Crippen LogP contribution in [0.3, 0.4) is 0 Å². The second-order valence-corrected chi connectivity index (χ2v) is 2.50. The molecule has 66 valence electrons. The number of hydrogen-bond donors (Lipinski definition) is 4. The van der Waals surface area contributed by atoms with E-state index in [0.717, 1.165) is 13.1 Å². The van der Waals surface area contributed by atoms with Gasteiger partial charge in [0.2, 0.25) is 0 Å². The fourth-order valence-corrected chi connectivity index (χ4v) is 0.250. The van der Waals surface area contributed by atoms with Crippen molar-refractivity contribution in [1.82, 2.24) is 5.32 Å². The summed E-state index contributed by atoms with van der Waals surface area (Å²) in [5.41, 5.74) is 0. The minimum atomic E-state index is -4.64. The van der Waals surface area contributed by atoms with E-state index in [-0.39, 0.29) is 29.6 Å². The van der Waals surface area contributed by atoms with Crippen molar-refractivity contribution in [3.63, 3.8) is 0 Å². The van der Waals surface area contributed by atoms with Gasteiger partial charge in [-0.1, -0.05) is 13.8 Å². The van der Waals surface area contributed by atoms with Crippen LogP contribution in [-0.2, 0) is 4.57 Å². The van der Waals surface area contributed by atoms with Crippen LogP contribution in [0.2, 0.25) is 0 Å². The van der Waals surface area contributed by atoms with E-state index < -0.39 is 7.82 Å². The van der Waals surface area contributed by atoms with Crippen molar-refractivity contribution in [3.05, 3.63) is 0 Å². The first kappa shape index (κ1) is 18.0. The van der Waals surface area contributed by atoms with Gasteiger partial charge in [0.25, 0.3) is 0 Å². The third-order valence-corrected chi connectivity index (χ3v) is 0.500. The maximum absolute atomic E-state index is 8.88. The maximum atomic E-state index is 8.88. The molecule has 0 saturated heterocycles. The van der Waals surface area contributed by atoms with Gasteiger partial charge in [-0.15, -0.1) is 0 Å². The van der Waals surface area contributed by atoms with Gasteiger partial charge in [-0.05, 0) is 13.1 Å². The Balaban J connectivity index is -0.000000107. The van der Waals surface area contributed by atoms with Gasteiger partial charge in [-0.25, -0.2) is 4.57 Å². The third kappa shape index (κ3) is 96.6. The molecule has 0 aromatic rings. The molecule has 0 aromatic carbocycles. The normalized spacial score (nSPS) is 9.18. The summed E-state index contributed by atoms with van der Waals surface area (Å²) in [6, 6.07) is 0. The summed E-state index contributed by atoms with van der Waals surface area (Å²) < 4.78 is 8.88. The number of hydrogen-bond acceptors (Lipinski definition) is 2. The first-order chi connectivity index (χ1) is 4.41. The van der Waals surface area contributed by atoms with Gasteiger partial charge in [0.15, 0.2) is 0 Å². The Labute approximate surface area is 88.7 Å². The van der Waals surface area contributed by atoms with Crippen LogP contribution < -0.4 is 5.32 Å². The number of nitrogens with one attached hydrogen (secondary N) is 1. The second kappa shape index (κ2) is 11.1. The van der Waals surface area contributed by atoms with Gasteiger partial charge >= 0.3 is 37.4 Å². The van der Waals surface area contributed by atoms with E-state index in [1.54, 1.807) is 0 Å². The third-order valence-electron chi connectivity index (χ3n) is 0.500. The van der Waals surface area contributed by atoms with Gasteiger partial charge in [-0.2, -0.15) is 0 Å². The molecular weight excluding hydrogens is 180 g/mol. The molecule has 0 rings (SSSR count). The second-order valence-electron chi connectivity index (χ2n) is 1.47. The van der Waals surface area contributed by atoms with Crippen LogP contribution in [0, 0.1) is 0 Å². The number of rotatable bonds is 2. The summed E-state index contributed by atoms with van der Waals surface area (Å²) >= 11 is 0. The van der Waals surface area contributed by atoms with Crippen molar-refractivity contribution in [2.45, 2.75) is 13.8 Å². The topological polar surface area (TPSA) is 89.8 Å². The van der Waals surface area contributed by atoms with Crippen LogP contribution in [0.15, 0.2) is 0 Å². The zero-order valence-corrected chi connectivity index (χ0v) is 7.01. The van der Waals surface area contributed by atoms with Gasteiger partial charge in [-0.3, -0.25) is 0 Å². The van der Waals surface area contributed by atoms with Crippen molar-refractivity contribution in [2.24, 2.45) is 0 Å². The molecule has 5 nitrogen and oxygen atoms in total. The fourth-order valence-electron chi connectivity index (χ4n) is 0.250. The first-order valence-corrected chi connectivity index (χ1v) is 4.47. The van der Waals surface area contributed by atoms with E-state index in [9.17, 15) is 0 Å². The van der Waals surface area contributed by atoms with Gasteiger partial charge < -0.3 is 20.0 Å². The summed E-state index contributed by atoms with van der Waals surface area (Å²) in [7, 11) is -4.64. The zero-order valence-electron chi connectivity index (χ0n) is 6.11. The summed E-state index contributed by atoms with van der Waals surface area (Å²) in [6.45, 7) is 6.39. The van der Waals surface area contributed by atoms with Crippen molar-refractivity contribution in [2.75, 3.05) is 13.1 Å². The molecule has 0 aliphatic heterocycles. The zero-order chi connectivity index (χ0) is 8.62. The Morgan fingerprint density at radius 1 is 1.18 bits per heavy atom. The van der Waals surface area contributed by atoms with Crippen LogP contribution in [-0.4, -0.2) is 57.3 Å². The minimum absolute atomic E-state index is 0. The van der Waals surface area contributed by atoms with E-state index in [0.29, 0.717) is 0 Å². The molecule has 0 radical (unpaired) electrons. The molecule has 4 N–H and O–H groups in total. The molecule has 0 spiro atoms. The monoisotopic (exact) mass is 195 g/mol. The molecule has 0 amide bonds. The molecular formula is C4H15NNaO4P. The Morgan fingerprint density at radius 3 is 1.36 bits per heavy atom. The molecule has 0 saturated carbocycles. The predicted molar refractivity (Wildman–Crippen MR) is 45.6 cm³/mol. The Kier molecular flexibility index (Phi) is 18.1. The molecule has 0 aromatic heterocycles. The van der Waals surface area contributed by atoms with E-state index in [4.69, 9.17) is 19.2 Å². The Morgan fingerprint density at radius 2 is 1.36 bits per heavy atom. The quantitative estimate of drug-likeness (QED) is 0.336. The van der Waals surface area contributed by atoms with Crippen molar-refractivity contribution in [1.29, 1.82) is 0 Å². The molecule has 11 heavy (non-hydrogen) atoms. The molecule has 0 unspecified atom stereocenters. The van der Waals surface area contributed by atoms with Crippen molar-refractivity contribution in [3.8, 4) is 0 Å².